The van der Waals surface area contributed by atoms with Crippen LogP contribution in [0.1, 0.15) is 10.4 Å². The summed E-state index contributed by atoms with van der Waals surface area (Å²) in [6, 6.07) is 12.9. The van der Waals surface area contributed by atoms with E-state index in [-0.39, 0.29) is 16.4 Å². The molecule has 1 heterocycles. The zero-order chi connectivity index (χ0) is 19.4. The monoisotopic (exact) mass is 418 g/mol. The normalized spacial score (nSPS) is 10.3. The number of aromatic nitrogens is 1. The number of para-hydroxylation sites is 1. The molecular weight excluding hydrogens is 408 g/mol. The summed E-state index contributed by atoms with van der Waals surface area (Å²) in [5.74, 6) is -0.672. The van der Waals surface area contributed by atoms with Crippen LogP contribution in [0.2, 0.25) is 5.02 Å². The van der Waals surface area contributed by atoms with Crippen LogP contribution in [-0.2, 0) is 0 Å². The van der Waals surface area contributed by atoms with Crippen LogP contribution in [0.15, 0.2) is 53.9 Å². The molecule has 0 aliphatic heterocycles. The molecule has 0 aliphatic rings. The van der Waals surface area contributed by atoms with Crippen molar-refractivity contribution < 1.29 is 9.72 Å². The van der Waals surface area contributed by atoms with Gasteiger partial charge in [0.05, 0.1) is 10.6 Å². The van der Waals surface area contributed by atoms with E-state index in [1.165, 1.54) is 35.6 Å². The van der Waals surface area contributed by atoms with Crippen molar-refractivity contribution in [2.75, 3.05) is 5.32 Å². The number of thiocarbonyl (C=S) groups is 1. The van der Waals surface area contributed by atoms with Crippen LogP contribution in [-0.4, -0.2) is 20.9 Å². The number of thiazole rings is 1. The zero-order valence-corrected chi connectivity index (χ0v) is 15.9. The predicted molar refractivity (Wildman–Crippen MR) is 109 cm³/mol. The standard InChI is InChI=1S/C17H11ClN4O3S2/c18-11-7-5-10(6-8-11)13-9-27-17(19-13)21-16(26)20-15(23)12-3-1-2-4-14(12)22(24)25/h1-9H,(H2,19,20,21,23,26). The average molecular weight is 419 g/mol. The van der Waals surface area contributed by atoms with Gasteiger partial charge in [0, 0.05) is 22.0 Å². The molecule has 0 unspecified atom stereocenters. The van der Waals surface area contributed by atoms with E-state index < -0.39 is 10.8 Å². The third-order valence-corrected chi connectivity index (χ3v) is 4.65. The smallest absolute Gasteiger partial charge is 0.282 e. The van der Waals surface area contributed by atoms with Crippen LogP contribution in [0.25, 0.3) is 11.3 Å². The Kier molecular flexibility index (Phi) is 5.75. The van der Waals surface area contributed by atoms with Crippen molar-refractivity contribution in [3.05, 3.63) is 74.6 Å². The SMILES string of the molecule is O=C(NC(=S)Nc1nc(-c2ccc(Cl)cc2)cs1)c1ccccc1[N+](=O)[O-]. The second-order valence-electron chi connectivity index (χ2n) is 5.23. The second kappa shape index (κ2) is 8.21. The van der Waals surface area contributed by atoms with Gasteiger partial charge in [-0.25, -0.2) is 4.98 Å². The van der Waals surface area contributed by atoms with E-state index in [0.29, 0.717) is 10.2 Å². The minimum Gasteiger partial charge on any atom is -0.308 e. The Morgan fingerprint density at radius 1 is 1.19 bits per heavy atom. The molecule has 27 heavy (non-hydrogen) atoms. The largest absolute Gasteiger partial charge is 0.308 e. The summed E-state index contributed by atoms with van der Waals surface area (Å²) in [4.78, 5) is 27.1. The summed E-state index contributed by atoms with van der Waals surface area (Å²) in [5, 5.41) is 19.2. The number of rotatable bonds is 4. The quantitative estimate of drug-likeness (QED) is 0.368. The molecule has 0 saturated heterocycles. The Morgan fingerprint density at radius 2 is 1.89 bits per heavy atom. The number of nitro benzene ring substituents is 1. The van der Waals surface area contributed by atoms with E-state index in [9.17, 15) is 14.9 Å². The molecule has 2 N–H and O–H groups in total. The molecule has 7 nitrogen and oxygen atoms in total. The Labute approximate surface area is 168 Å². The number of hydrogen-bond donors (Lipinski definition) is 2. The highest BCUT2D eigenvalue weighted by Gasteiger charge is 2.20. The third-order valence-electron chi connectivity index (χ3n) is 3.44. The van der Waals surface area contributed by atoms with Crippen molar-refractivity contribution in [3.8, 4) is 11.3 Å². The first-order chi connectivity index (χ1) is 12.9. The van der Waals surface area contributed by atoms with Gasteiger partial charge < -0.3 is 5.32 Å². The summed E-state index contributed by atoms with van der Waals surface area (Å²) in [6.07, 6.45) is 0. The molecule has 0 spiro atoms. The molecule has 0 saturated carbocycles. The summed E-state index contributed by atoms with van der Waals surface area (Å²) in [6.45, 7) is 0. The first-order valence-electron chi connectivity index (χ1n) is 7.51. The molecule has 136 valence electrons. The van der Waals surface area contributed by atoms with Crippen LogP contribution in [0, 0.1) is 10.1 Å². The second-order valence-corrected chi connectivity index (χ2v) is 6.93. The number of carbonyl (C=O) groups excluding carboxylic acids is 1. The van der Waals surface area contributed by atoms with Crippen molar-refractivity contribution in [2.45, 2.75) is 0 Å². The molecule has 0 radical (unpaired) electrons. The number of benzene rings is 2. The van der Waals surface area contributed by atoms with E-state index in [4.69, 9.17) is 23.8 Å². The van der Waals surface area contributed by atoms with Gasteiger partial charge in [0.25, 0.3) is 11.6 Å². The van der Waals surface area contributed by atoms with E-state index in [1.54, 1.807) is 12.1 Å². The van der Waals surface area contributed by atoms with Gasteiger partial charge in [0.2, 0.25) is 0 Å². The van der Waals surface area contributed by atoms with Gasteiger partial charge in [-0.1, -0.05) is 35.9 Å². The molecule has 3 aromatic rings. The molecule has 3 rings (SSSR count). The van der Waals surface area contributed by atoms with Gasteiger partial charge in [0.1, 0.15) is 5.56 Å². The lowest BCUT2D eigenvalue weighted by atomic mass is 10.1. The number of hydrogen-bond acceptors (Lipinski definition) is 6. The number of amides is 1. The predicted octanol–water partition coefficient (Wildman–Crippen LogP) is 4.50. The number of anilines is 1. The highest BCUT2D eigenvalue weighted by Crippen LogP contribution is 2.26. The first-order valence-corrected chi connectivity index (χ1v) is 9.18. The highest BCUT2D eigenvalue weighted by atomic mass is 35.5. The van der Waals surface area contributed by atoms with E-state index in [1.807, 2.05) is 17.5 Å². The van der Waals surface area contributed by atoms with Gasteiger partial charge in [-0.2, -0.15) is 0 Å². The molecule has 10 heteroatoms. The van der Waals surface area contributed by atoms with Gasteiger partial charge in [0.15, 0.2) is 10.2 Å². The van der Waals surface area contributed by atoms with Crippen LogP contribution in [0.4, 0.5) is 10.8 Å². The lowest BCUT2D eigenvalue weighted by molar-refractivity contribution is -0.385. The Hall–Kier alpha value is -2.88. The van der Waals surface area contributed by atoms with Crippen LogP contribution < -0.4 is 10.6 Å². The zero-order valence-electron chi connectivity index (χ0n) is 13.5. The molecular formula is C17H11ClN4O3S2. The molecule has 0 aliphatic carbocycles. The Bertz CT molecular complexity index is 1020. The summed E-state index contributed by atoms with van der Waals surface area (Å²) in [5.41, 5.74) is 1.25. The summed E-state index contributed by atoms with van der Waals surface area (Å²) in [7, 11) is 0. The maximum absolute atomic E-state index is 12.3. The average Bonchev–Trinajstić information content (AvgIpc) is 3.10. The number of nitrogens with zero attached hydrogens (tertiary/aromatic N) is 2. The van der Waals surface area contributed by atoms with Gasteiger partial charge >= 0.3 is 0 Å². The summed E-state index contributed by atoms with van der Waals surface area (Å²) < 4.78 is 0. The number of carbonyl (C=O) groups is 1. The van der Waals surface area contributed by atoms with Crippen LogP contribution >= 0.6 is 35.2 Å². The number of nitro groups is 1. The molecule has 2 aromatic carbocycles. The van der Waals surface area contributed by atoms with Crippen LogP contribution in [0.5, 0.6) is 0 Å². The molecule has 0 atom stereocenters. The van der Waals surface area contributed by atoms with Gasteiger partial charge in [-0.05, 0) is 30.4 Å². The first kappa shape index (κ1) is 18.9. The lowest BCUT2D eigenvalue weighted by Gasteiger charge is -2.07. The molecule has 1 amide bonds. The van der Waals surface area contributed by atoms with E-state index in [0.717, 1.165) is 11.3 Å². The summed E-state index contributed by atoms with van der Waals surface area (Å²) >= 11 is 12.3. The van der Waals surface area contributed by atoms with E-state index >= 15 is 0 Å². The van der Waals surface area contributed by atoms with Crippen molar-refractivity contribution in [3.63, 3.8) is 0 Å². The maximum Gasteiger partial charge on any atom is 0.282 e. The minimum atomic E-state index is -0.672. The van der Waals surface area contributed by atoms with Crippen molar-refractivity contribution >= 4 is 57.0 Å². The van der Waals surface area contributed by atoms with Gasteiger partial charge in [-0.15, -0.1) is 11.3 Å². The Balaban J connectivity index is 1.67. The fourth-order valence-electron chi connectivity index (χ4n) is 2.21. The molecule has 0 fully saturated rings. The Morgan fingerprint density at radius 3 is 2.59 bits per heavy atom. The van der Waals surface area contributed by atoms with Crippen LogP contribution in [0.3, 0.4) is 0 Å². The lowest BCUT2D eigenvalue weighted by Crippen LogP contribution is -2.34. The van der Waals surface area contributed by atoms with Crippen molar-refractivity contribution in [1.29, 1.82) is 0 Å². The fraction of sp³-hybridized carbons (Fsp3) is 0. The topological polar surface area (TPSA) is 97.2 Å². The molecule has 0 bridgehead atoms. The third kappa shape index (κ3) is 4.64. The van der Waals surface area contributed by atoms with Crippen molar-refractivity contribution in [1.82, 2.24) is 10.3 Å². The number of nitrogens with one attached hydrogen (secondary N) is 2. The maximum atomic E-state index is 12.3. The van der Waals surface area contributed by atoms with Crippen molar-refractivity contribution in [2.24, 2.45) is 0 Å². The van der Waals surface area contributed by atoms with E-state index in [2.05, 4.69) is 15.6 Å². The molecule has 1 aromatic heterocycles. The number of halogens is 1. The highest BCUT2D eigenvalue weighted by molar-refractivity contribution is 7.80. The van der Waals surface area contributed by atoms with Gasteiger partial charge in [-0.3, -0.25) is 20.2 Å². The fourth-order valence-corrected chi connectivity index (χ4v) is 3.31. The minimum absolute atomic E-state index is 0.00448.